The molecule has 1 aromatic rings. The van der Waals surface area contributed by atoms with Crippen molar-refractivity contribution in [3.8, 4) is 5.75 Å². The van der Waals surface area contributed by atoms with Crippen molar-refractivity contribution in [1.82, 2.24) is 4.90 Å². The van der Waals surface area contributed by atoms with E-state index in [1.165, 1.54) is 0 Å². The highest BCUT2D eigenvalue weighted by molar-refractivity contribution is 5.97. The normalized spacial score (nSPS) is 11.9. The second kappa shape index (κ2) is 6.89. The van der Waals surface area contributed by atoms with Crippen molar-refractivity contribution >= 4 is 5.84 Å². The molecule has 0 atom stereocenters. The molecule has 19 heavy (non-hydrogen) atoms. The van der Waals surface area contributed by atoms with Crippen molar-refractivity contribution < 1.29 is 18.7 Å². The first-order chi connectivity index (χ1) is 8.95. The minimum Gasteiger partial charge on any atom is -0.488 e. The summed E-state index contributed by atoms with van der Waals surface area (Å²) in [7, 11) is 3.79. The molecule has 0 aliphatic carbocycles. The average molecular weight is 273 g/mol. The zero-order chi connectivity index (χ0) is 14.4. The third-order valence-electron chi connectivity index (χ3n) is 2.40. The largest absolute Gasteiger partial charge is 0.488 e. The molecule has 3 N–H and O–H groups in total. The van der Waals surface area contributed by atoms with Crippen LogP contribution in [0.2, 0.25) is 0 Å². The highest BCUT2D eigenvalue weighted by Crippen LogP contribution is 2.23. The van der Waals surface area contributed by atoms with Crippen molar-refractivity contribution in [2.75, 3.05) is 27.2 Å². The number of amidine groups is 1. The summed E-state index contributed by atoms with van der Waals surface area (Å²) in [6.45, 7) is 0.959. The van der Waals surface area contributed by atoms with Gasteiger partial charge in [-0.25, -0.2) is 8.78 Å². The van der Waals surface area contributed by atoms with Crippen LogP contribution in [0, 0.1) is 11.6 Å². The van der Waals surface area contributed by atoms with Gasteiger partial charge in [0.2, 0.25) is 0 Å². The highest BCUT2D eigenvalue weighted by atomic mass is 19.1. The fraction of sp³-hybridized carbons (Fsp3) is 0.417. The number of halogens is 2. The van der Waals surface area contributed by atoms with Gasteiger partial charge in [-0.3, -0.25) is 0 Å². The number of ether oxygens (including phenoxy) is 1. The van der Waals surface area contributed by atoms with Crippen LogP contribution in [0.25, 0.3) is 0 Å². The van der Waals surface area contributed by atoms with Gasteiger partial charge in [-0.1, -0.05) is 5.16 Å². The zero-order valence-corrected chi connectivity index (χ0v) is 10.9. The summed E-state index contributed by atoms with van der Waals surface area (Å²) in [5.74, 6) is -2.58. The first-order valence-electron chi connectivity index (χ1n) is 5.70. The van der Waals surface area contributed by atoms with Gasteiger partial charge in [-0.15, -0.1) is 0 Å². The van der Waals surface area contributed by atoms with Gasteiger partial charge in [0.25, 0.3) is 0 Å². The van der Waals surface area contributed by atoms with Crippen LogP contribution >= 0.6 is 0 Å². The molecule has 0 aliphatic rings. The van der Waals surface area contributed by atoms with E-state index in [2.05, 4.69) is 5.16 Å². The molecule has 1 aromatic carbocycles. The van der Waals surface area contributed by atoms with E-state index in [9.17, 15) is 8.78 Å². The van der Waals surface area contributed by atoms with Gasteiger partial charge >= 0.3 is 0 Å². The molecule has 0 unspecified atom stereocenters. The van der Waals surface area contributed by atoms with E-state index in [0.717, 1.165) is 18.7 Å². The van der Waals surface area contributed by atoms with Crippen molar-refractivity contribution in [3.63, 3.8) is 0 Å². The van der Waals surface area contributed by atoms with Crippen LogP contribution in [0.1, 0.15) is 12.0 Å². The van der Waals surface area contributed by atoms with Gasteiger partial charge in [0, 0.05) is 12.1 Å². The topological polar surface area (TPSA) is 71.1 Å². The minimum absolute atomic E-state index is 0.0434. The Bertz CT molecular complexity index is 441. The molecule has 0 aromatic heterocycles. The van der Waals surface area contributed by atoms with Crippen molar-refractivity contribution in [2.24, 2.45) is 10.9 Å². The molecular weight excluding hydrogens is 256 g/mol. The number of benzene rings is 1. The quantitative estimate of drug-likeness (QED) is 0.270. The Kier molecular flexibility index (Phi) is 5.50. The first-order valence-corrected chi connectivity index (χ1v) is 5.70. The molecule has 7 heteroatoms. The van der Waals surface area contributed by atoms with Gasteiger partial charge in [0.15, 0.2) is 23.2 Å². The molecular formula is C12H17F2N3O2. The van der Waals surface area contributed by atoms with Crippen LogP contribution in [-0.4, -0.2) is 43.2 Å². The lowest BCUT2D eigenvalue weighted by atomic mass is 10.2. The summed E-state index contributed by atoms with van der Waals surface area (Å²) >= 11 is 0. The predicted octanol–water partition coefficient (Wildman–Crippen LogP) is 1.39. The molecule has 0 amide bonds. The monoisotopic (exact) mass is 273 g/mol. The number of oxime groups is 1. The SMILES string of the molecule is CN(C)CCCOc1c(F)cc(C(N)=NO)cc1F. The fourth-order valence-corrected chi connectivity index (χ4v) is 1.46. The van der Waals surface area contributed by atoms with E-state index in [4.69, 9.17) is 15.7 Å². The van der Waals surface area contributed by atoms with E-state index >= 15 is 0 Å². The number of hydrogen-bond acceptors (Lipinski definition) is 4. The summed E-state index contributed by atoms with van der Waals surface area (Å²) < 4.78 is 32.3. The maximum absolute atomic E-state index is 13.6. The summed E-state index contributed by atoms with van der Waals surface area (Å²) in [6.07, 6.45) is 0.647. The molecule has 0 heterocycles. The van der Waals surface area contributed by atoms with Crippen LogP contribution < -0.4 is 10.5 Å². The fourth-order valence-electron chi connectivity index (χ4n) is 1.46. The van der Waals surface area contributed by atoms with Crippen LogP contribution in [0.15, 0.2) is 17.3 Å². The van der Waals surface area contributed by atoms with Crippen LogP contribution in [0.4, 0.5) is 8.78 Å². The first kappa shape index (κ1) is 15.2. The van der Waals surface area contributed by atoms with E-state index in [-0.39, 0.29) is 18.0 Å². The molecule has 0 radical (unpaired) electrons. The number of hydrogen-bond donors (Lipinski definition) is 2. The predicted molar refractivity (Wildman–Crippen MR) is 67.5 cm³/mol. The maximum atomic E-state index is 13.6. The number of nitrogens with zero attached hydrogens (tertiary/aromatic N) is 2. The smallest absolute Gasteiger partial charge is 0.190 e. The van der Waals surface area contributed by atoms with E-state index in [1.54, 1.807) is 0 Å². The molecule has 106 valence electrons. The van der Waals surface area contributed by atoms with E-state index in [1.807, 2.05) is 19.0 Å². The molecule has 0 saturated carbocycles. The minimum atomic E-state index is -0.883. The third-order valence-corrected chi connectivity index (χ3v) is 2.40. The molecule has 0 fully saturated rings. The Hall–Kier alpha value is -1.89. The van der Waals surface area contributed by atoms with Gasteiger partial charge in [-0.2, -0.15) is 0 Å². The second-order valence-electron chi connectivity index (χ2n) is 4.26. The third kappa shape index (κ3) is 4.36. The molecule has 0 aliphatic heterocycles. The van der Waals surface area contributed by atoms with Gasteiger partial charge < -0.3 is 20.6 Å². The molecule has 5 nitrogen and oxygen atoms in total. The van der Waals surface area contributed by atoms with Crippen molar-refractivity contribution in [2.45, 2.75) is 6.42 Å². The Balaban J connectivity index is 2.75. The molecule has 0 saturated heterocycles. The van der Waals surface area contributed by atoms with Crippen LogP contribution in [0.5, 0.6) is 5.75 Å². The average Bonchev–Trinajstić information content (AvgIpc) is 2.35. The van der Waals surface area contributed by atoms with Gasteiger partial charge in [0.05, 0.1) is 6.61 Å². The Morgan fingerprint density at radius 2 is 1.95 bits per heavy atom. The Labute approximate surface area is 110 Å². The van der Waals surface area contributed by atoms with E-state index < -0.39 is 17.4 Å². The molecule has 0 bridgehead atoms. The summed E-state index contributed by atoms with van der Waals surface area (Å²) in [5.41, 5.74) is 5.21. The Morgan fingerprint density at radius 1 is 1.37 bits per heavy atom. The van der Waals surface area contributed by atoms with E-state index in [0.29, 0.717) is 6.42 Å². The van der Waals surface area contributed by atoms with Gasteiger partial charge in [-0.05, 0) is 32.6 Å². The lowest BCUT2D eigenvalue weighted by Gasteiger charge is -2.12. The summed E-state index contributed by atoms with van der Waals surface area (Å²) in [5, 5.41) is 11.1. The molecule has 0 spiro atoms. The second-order valence-corrected chi connectivity index (χ2v) is 4.26. The van der Waals surface area contributed by atoms with Crippen molar-refractivity contribution in [1.29, 1.82) is 0 Å². The summed E-state index contributed by atoms with van der Waals surface area (Å²) in [6, 6.07) is 1.92. The van der Waals surface area contributed by atoms with Crippen LogP contribution in [-0.2, 0) is 0 Å². The number of rotatable bonds is 6. The molecule has 1 rings (SSSR count). The Morgan fingerprint density at radius 3 is 2.42 bits per heavy atom. The summed E-state index contributed by atoms with van der Waals surface area (Å²) in [4.78, 5) is 1.94. The zero-order valence-electron chi connectivity index (χ0n) is 10.9. The maximum Gasteiger partial charge on any atom is 0.190 e. The van der Waals surface area contributed by atoms with Crippen molar-refractivity contribution in [3.05, 3.63) is 29.3 Å². The number of nitrogens with two attached hydrogens (primary N) is 1. The lowest BCUT2D eigenvalue weighted by Crippen LogP contribution is -2.16. The van der Waals surface area contributed by atoms with Crippen LogP contribution in [0.3, 0.4) is 0 Å². The highest BCUT2D eigenvalue weighted by Gasteiger charge is 2.14. The standard InChI is InChI=1S/C12H17F2N3O2/c1-17(2)4-3-5-19-11-9(13)6-8(7-10(11)14)12(15)16-18/h6-7,18H,3-5H2,1-2H3,(H2,15,16). The van der Waals surface area contributed by atoms with Gasteiger partial charge in [0.1, 0.15) is 0 Å². The lowest BCUT2D eigenvalue weighted by molar-refractivity contribution is 0.259.